The van der Waals surface area contributed by atoms with E-state index in [1.807, 2.05) is 23.1 Å². The summed E-state index contributed by atoms with van der Waals surface area (Å²) in [5, 5.41) is 3.43. The van der Waals surface area contributed by atoms with Crippen molar-refractivity contribution < 1.29 is 9.18 Å². The lowest BCUT2D eigenvalue weighted by Gasteiger charge is -2.17. The van der Waals surface area contributed by atoms with Gasteiger partial charge >= 0.3 is 0 Å². The van der Waals surface area contributed by atoms with Crippen LogP contribution in [-0.4, -0.2) is 23.4 Å². The Morgan fingerprint density at radius 3 is 2.50 bits per heavy atom. The van der Waals surface area contributed by atoms with E-state index in [9.17, 15) is 9.18 Å². The highest BCUT2D eigenvalue weighted by molar-refractivity contribution is 5.79. The smallest absolute Gasteiger partial charge is 0.224 e. The number of amides is 1. The highest BCUT2D eigenvalue weighted by atomic mass is 19.1. The molecule has 22 heavy (non-hydrogen) atoms. The number of carbonyl (C=O) groups excluding carboxylic acids is 1. The van der Waals surface area contributed by atoms with Crippen LogP contribution in [0.5, 0.6) is 0 Å². The van der Waals surface area contributed by atoms with Gasteiger partial charge in [0.15, 0.2) is 0 Å². The van der Waals surface area contributed by atoms with Gasteiger partial charge in [-0.3, -0.25) is 4.79 Å². The Labute approximate surface area is 129 Å². The molecule has 2 aromatic rings. The summed E-state index contributed by atoms with van der Waals surface area (Å²) in [6.07, 6.45) is 0.522. The molecular weight excluding hydrogens is 279 g/mol. The lowest BCUT2D eigenvalue weighted by atomic mass is 10.2. The van der Waals surface area contributed by atoms with Crippen LogP contribution in [0.4, 0.5) is 4.39 Å². The lowest BCUT2D eigenvalue weighted by molar-refractivity contribution is -0.128. The van der Waals surface area contributed by atoms with Gasteiger partial charge in [0.05, 0.1) is 0 Å². The quantitative estimate of drug-likeness (QED) is 0.920. The van der Waals surface area contributed by atoms with Gasteiger partial charge in [0, 0.05) is 32.1 Å². The third kappa shape index (κ3) is 3.71. The predicted molar refractivity (Wildman–Crippen MR) is 83.5 cm³/mol. The van der Waals surface area contributed by atoms with Gasteiger partial charge in [-0.2, -0.15) is 0 Å². The Morgan fingerprint density at radius 2 is 1.77 bits per heavy atom. The Balaban J connectivity index is 1.53. The number of nitrogens with one attached hydrogen (secondary N) is 1. The molecule has 0 radical (unpaired) electrons. The molecule has 4 heteroatoms. The monoisotopic (exact) mass is 298 g/mol. The minimum absolute atomic E-state index is 0.148. The summed E-state index contributed by atoms with van der Waals surface area (Å²) in [7, 11) is 0. The molecule has 1 atom stereocenters. The van der Waals surface area contributed by atoms with Gasteiger partial charge in [0.2, 0.25) is 5.91 Å². The van der Waals surface area contributed by atoms with Crippen LogP contribution >= 0.6 is 0 Å². The van der Waals surface area contributed by atoms with Crippen LogP contribution in [0, 0.1) is 5.82 Å². The topological polar surface area (TPSA) is 32.3 Å². The van der Waals surface area contributed by atoms with Crippen molar-refractivity contribution in [3.63, 3.8) is 0 Å². The minimum atomic E-state index is -0.251. The van der Waals surface area contributed by atoms with Crippen molar-refractivity contribution >= 4 is 5.91 Å². The van der Waals surface area contributed by atoms with Crippen LogP contribution in [-0.2, 0) is 17.9 Å². The van der Waals surface area contributed by atoms with Crippen LogP contribution in [0.25, 0.3) is 0 Å². The van der Waals surface area contributed by atoms with Crippen molar-refractivity contribution in [2.75, 3.05) is 6.54 Å². The van der Waals surface area contributed by atoms with Crippen molar-refractivity contribution in [2.24, 2.45) is 0 Å². The summed E-state index contributed by atoms with van der Waals surface area (Å²) in [4.78, 5) is 13.9. The van der Waals surface area contributed by atoms with E-state index in [1.165, 1.54) is 17.7 Å². The molecule has 1 amide bonds. The molecule has 0 bridgehead atoms. The van der Waals surface area contributed by atoms with Crippen molar-refractivity contribution in [1.82, 2.24) is 10.2 Å². The Kier molecular flexibility index (Phi) is 4.49. The first-order valence-corrected chi connectivity index (χ1v) is 7.50. The molecule has 1 heterocycles. The Morgan fingerprint density at radius 1 is 1.05 bits per heavy atom. The van der Waals surface area contributed by atoms with E-state index in [0.717, 1.165) is 12.1 Å². The van der Waals surface area contributed by atoms with Crippen LogP contribution in [0.2, 0.25) is 0 Å². The molecule has 1 N–H and O–H groups in total. The summed E-state index contributed by atoms with van der Waals surface area (Å²) in [6.45, 7) is 2.01. The zero-order valence-electron chi connectivity index (χ0n) is 12.3. The number of likely N-dealkylation sites (tertiary alicyclic amines) is 1. The molecule has 3 rings (SSSR count). The van der Waals surface area contributed by atoms with Crippen LogP contribution in [0.3, 0.4) is 0 Å². The second-order valence-electron chi connectivity index (χ2n) is 5.67. The van der Waals surface area contributed by atoms with E-state index in [4.69, 9.17) is 0 Å². The number of nitrogens with zero attached hydrogens (tertiary/aromatic N) is 1. The summed E-state index contributed by atoms with van der Waals surface area (Å²) in [5.74, 6) is -0.103. The van der Waals surface area contributed by atoms with E-state index in [2.05, 4.69) is 17.4 Å². The number of hydrogen-bond donors (Lipinski definition) is 1. The maximum Gasteiger partial charge on any atom is 0.224 e. The first-order chi connectivity index (χ1) is 10.7. The zero-order chi connectivity index (χ0) is 15.4. The molecule has 1 fully saturated rings. The molecule has 1 aliphatic heterocycles. The van der Waals surface area contributed by atoms with E-state index < -0.39 is 0 Å². The third-order valence-electron chi connectivity index (χ3n) is 3.94. The standard InChI is InChI=1S/C18H19FN2O/c19-16-8-6-15(7-9-16)12-21-13-17(10-18(21)22)20-11-14-4-2-1-3-5-14/h1-9,17,20H,10-13H2/t17-/m1/s1. The Hall–Kier alpha value is -2.20. The number of halogens is 1. The predicted octanol–water partition coefficient (Wildman–Crippen LogP) is 2.72. The summed E-state index contributed by atoms with van der Waals surface area (Å²) in [6, 6.07) is 16.7. The van der Waals surface area contributed by atoms with Crippen molar-refractivity contribution in [3.05, 3.63) is 71.5 Å². The summed E-state index contributed by atoms with van der Waals surface area (Å²) < 4.78 is 12.9. The lowest BCUT2D eigenvalue weighted by Crippen LogP contribution is -2.32. The average molecular weight is 298 g/mol. The first-order valence-electron chi connectivity index (χ1n) is 7.50. The summed E-state index contributed by atoms with van der Waals surface area (Å²) in [5.41, 5.74) is 2.17. The van der Waals surface area contributed by atoms with Gasteiger partial charge in [-0.05, 0) is 23.3 Å². The van der Waals surface area contributed by atoms with Gasteiger partial charge in [-0.15, -0.1) is 0 Å². The first kappa shape index (κ1) is 14.7. The van der Waals surface area contributed by atoms with Gasteiger partial charge in [-0.1, -0.05) is 42.5 Å². The third-order valence-corrected chi connectivity index (χ3v) is 3.94. The molecule has 0 spiro atoms. The van der Waals surface area contributed by atoms with Crippen LogP contribution in [0.1, 0.15) is 17.5 Å². The van der Waals surface area contributed by atoms with Crippen molar-refractivity contribution in [1.29, 1.82) is 0 Å². The normalized spacial score (nSPS) is 18.0. The van der Waals surface area contributed by atoms with Gasteiger partial charge in [0.25, 0.3) is 0 Å². The highest BCUT2D eigenvalue weighted by Gasteiger charge is 2.28. The SMILES string of the molecule is O=C1C[C@@H](NCc2ccccc2)CN1Cc1ccc(F)cc1. The van der Waals surface area contributed by atoms with E-state index in [0.29, 0.717) is 19.5 Å². The fraction of sp³-hybridized carbons (Fsp3) is 0.278. The average Bonchev–Trinajstić information content (AvgIpc) is 2.89. The van der Waals surface area contributed by atoms with E-state index in [-0.39, 0.29) is 17.8 Å². The second kappa shape index (κ2) is 6.71. The molecule has 0 aromatic heterocycles. The highest BCUT2D eigenvalue weighted by Crippen LogP contribution is 2.16. The molecule has 114 valence electrons. The van der Waals surface area contributed by atoms with E-state index in [1.54, 1.807) is 12.1 Å². The maximum atomic E-state index is 12.9. The van der Waals surface area contributed by atoms with Crippen LogP contribution in [0.15, 0.2) is 54.6 Å². The number of carbonyl (C=O) groups is 1. The minimum Gasteiger partial charge on any atom is -0.337 e. The second-order valence-corrected chi connectivity index (χ2v) is 5.67. The summed E-state index contributed by atoms with van der Waals surface area (Å²) >= 11 is 0. The molecular formula is C18H19FN2O. The van der Waals surface area contributed by atoms with Gasteiger partial charge in [-0.25, -0.2) is 4.39 Å². The molecule has 0 saturated carbocycles. The molecule has 3 nitrogen and oxygen atoms in total. The Bertz CT molecular complexity index is 627. The largest absolute Gasteiger partial charge is 0.337 e. The van der Waals surface area contributed by atoms with Crippen molar-refractivity contribution in [2.45, 2.75) is 25.6 Å². The fourth-order valence-corrected chi connectivity index (χ4v) is 2.73. The molecule has 0 unspecified atom stereocenters. The molecule has 2 aromatic carbocycles. The van der Waals surface area contributed by atoms with Gasteiger partial charge in [0.1, 0.15) is 5.82 Å². The number of benzene rings is 2. The van der Waals surface area contributed by atoms with E-state index >= 15 is 0 Å². The van der Waals surface area contributed by atoms with Crippen LogP contribution < -0.4 is 5.32 Å². The molecule has 0 aliphatic carbocycles. The number of rotatable bonds is 5. The molecule has 1 saturated heterocycles. The fourth-order valence-electron chi connectivity index (χ4n) is 2.73. The number of hydrogen-bond acceptors (Lipinski definition) is 2. The zero-order valence-corrected chi connectivity index (χ0v) is 12.3. The van der Waals surface area contributed by atoms with Gasteiger partial charge < -0.3 is 10.2 Å². The molecule has 1 aliphatic rings. The maximum absolute atomic E-state index is 12.9. The van der Waals surface area contributed by atoms with Crippen molar-refractivity contribution in [3.8, 4) is 0 Å².